The van der Waals surface area contributed by atoms with Crippen molar-refractivity contribution in [3.63, 3.8) is 0 Å². The Labute approximate surface area is 113 Å². The minimum Gasteiger partial charge on any atom is -0.391 e. The molecule has 0 radical (unpaired) electrons. The Morgan fingerprint density at radius 3 is 2.11 bits per heavy atom. The van der Waals surface area contributed by atoms with Crippen LogP contribution in [0.4, 0.5) is 13.2 Å². The third kappa shape index (κ3) is 3.43. The molecule has 1 heterocycles. The lowest BCUT2D eigenvalue weighted by Crippen LogP contribution is -2.54. The van der Waals surface area contributed by atoms with Crippen LogP contribution in [0, 0.1) is 17.8 Å². The van der Waals surface area contributed by atoms with Gasteiger partial charge in [0.2, 0.25) is 0 Å². The van der Waals surface area contributed by atoms with E-state index in [0.29, 0.717) is 24.9 Å². The van der Waals surface area contributed by atoms with Crippen LogP contribution in [0.3, 0.4) is 0 Å². The standard InChI is InChI=1S/C14H24F3NO/c1-9-7-10(2)13(12(19)8-9)18-5-3-11(4-6-18)14(15,16)17/h9-13,19H,3-8H2,1-2H3. The molecule has 0 aromatic carbocycles. The summed E-state index contributed by atoms with van der Waals surface area (Å²) in [6.45, 7) is 5.17. The molecule has 0 aromatic heterocycles. The molecule has 1 aliphatic heterocycles. The lowest BCUT2D eigenvalue weighted by Gasteiger charge is -2.46. The van der Waals surface area contributed by atoms with Crippen LogP contribution < -0.4 is 0 Å². The second-order valence-electron chi connectivity index (χ2n) is 6.46. The SMILES string of the molecule is CC1CC(C)C(N2CCC(C(F)(F)F)CC2)C(O)C1. The Morgan fingerprint density at radius 1 is 1.05 bits per heavy atom. The van der Waals surface area contributed by atoms with Crippen molar-refractivity contribution >= 4 is 0 Å². The Balaban J connectivity index is 1.94. The molecule has 2 fully saturated rings. The van der Waals surface area contributed by atoms with E-state index in [-0.39, 0.29) is 25.0 Å². The van der Waals surface area contributed by atoms with Gasteiger partial charge in [-0.3, -0.25) is 4.90 Å². The number of aliphatic hydroxyl groups excluding tert-OH is 1. The molecule has 0 spiro atoms. The van der Waals surface area contributed by atoms with Crippen LogP contribution in [0.2, 0.25) is 0 Å². The first kappa shape index (κ1) is 15.1. The van der Waals surface area contributed by atoms with E-state index in [0.717, 1.165) is 12.8 Å². The molecule has 5 heteroatoms. The van der Waals surface area contributed by atoms with Gasteiger partial charge in [-0.15, -0.1) is 0 Å². The van der Waals surface area contributed by atoms with Crippen LogP contribution in [-0.4, -0.2) is 41.4 Å². The molecule has 0 aromatic rings. The lowest BCUT2D eigenvalue weighted by molar-refractivity contribution is -0.188. The second kappa shape index (κ2) is 5.60. The maximum atomic E-state index is 12.6. The minimum absolute atomic E-state index is 0.0467. The highest BCUT2D eigenvalue weighted by molar-refractivity contribution is 4.92. The van der Waals surface area contributed by atoms with E-state index in [1.165, 1.54) is 0 Å². The van der Waals surface area contributed by atoms with Crippen molar-refractivity contribution in [3.8, 4) is 0 Å². The van der Waals surface area contributed by atoms with E-state index in [1.54, 1.807) is 0 Å². The molecule has 0 bridgehead atoms. The summed E-state index contributed by atoms with van der Waals surface area (Å²) in [5.41, 5.74) is 0. The van der Waals surface area contributed by atoms with E-state index in [4.69, 9.17) is 0 Å². The fourth-order valence-electron chi connectivity index (χ4n) is 3.93. The van der Waals surface area contributed by atoms with Crippen molar-refractivity contribution in [2.75, 3.05) is 13.1 Å². The van der Waals surface area contributed by atoms with Gasteiger partial charge in [-0.2, -0.15) is 13.2 Å². The van der Waals surface area contributed by atoms with Gasteiger partial charge >= 0.3 is 6.18 Å². The number of piperidine rings is 1. The average molecular weight is 279 g/mol. The first-order valence-electron chi connectivity index (χ1n) is 7.28. The molecule has 112 valence electrons. The molecule has 0 amide bonds. The monoisotopic (exact) mass is 279 g/mol. The Bertz CT molecular complexity index is 288. The highest BCUT2D eigenvalue weighted by Gasteiger charge is 2.44. The highest BCUT2D eigenvalue weighted by Crippen LogP contribution is 2.38. The van der Waals surface area contributed by atoms with Crippen LogP contribution in [0.25, 0.3) is 0 Å². The first-order valence-corrected chi connectivity index (χ1v) is 7.28. The summed E-state index contributed by atoms with van der Waals surface area (Å²) < 4.78 is 37.9. The largest absolute Gasteiger partial charge is 0.391 e. The normalized spacial score (nSPS) is 39.5. The topological polar surface area (TPSA) is 23.5 Å². The Morgan fingerprint density at radius 2 is 1.63 bits per heavy atom. The fourth-order valence-corrected chi connectivity index (χ4v) is 3.93. The number of hydrogen-bond acceptors (Lipinski definition) is 2. The van der Waals surface area contributed by atoms with E-state index < -0.39 is 12.1 Å². The molecular weight excluding hydrogens is 255 g/mol. The average Bonchev–Trinajstić information content (AvgIpc) is 2.27. The quantitative estimate of drug-likeness (QED) is 0.797. The summed E-state index contributed by atoms with van der Waals surface area (Å²) in [6, 6.07) is 0.0467. The molecule has 4 unspecified atom stereocenters. The summed E-state index contributed by atoms with van der Waals surface area (Å²) in [7, 11) is 0. The number of likely N-dealkylation sites (tertiary alicyclic amines) is 1. The molecule has 1 N–H and O–H groups in total. The van der Waals surface area contributed by atoms with Crippen LogP contribution in [-0.2, 0) is 0 Å². The maximum Gasteiger partial charge on any atom is 0.391 e. The van der Waals surface area contributed by atoms with Gasteiger partial charge in [0.15, 0.2) is 0 Å². The van der Waals surface area contributed by atoms with Crippen molar-refractivity contribution in [1.29, 1.82) is 0 Å². The van der Waals surface area contributed by atoms with Gasteiger partial charge in [-0.05, 0) is 50.6 Å². The van der Waals surface area contributed by atoms with Crippen molar-refractivity contribution < 1.29 is 18.3 Å². The summed E-state index contributed by atoms with van der Waals surface area (Å²) in [5, 5.41) is 10.2. The van der Waals surface area contributed by atoms with Crippen LogP contribution in [0.1, 0.15) is 39.5 Å². The zero-order valence-corrected chi connectivity index (χ0v) is 11.7. The Hall–Kier alpha value is -0.290. The van der Waals surface area contributed by atoms with Crippen molar-refractivity contribution in [1.82, 2.24) is 4.90 Å². The zero-order valence-electron chi connectivity index (χ0n) is 11.7. The summed E-state index contributed by atoms with van der Waals surface area (Å²) in [5.74, 6) is -0.283. The molecule has 1 saturated heterocycles. The number of nitrogens with zero attached hydrogens (tertiary/aromatic N) is 1. The number of alkyl halides is 3. The number of rotatable bonds is 1. The molecular formula is C14H24F3NO. The number of hydrogen-bond donors (Lipinski definition) is 1. The molecule has 1 aliphatic carbocycles. The van der Waals surface area contributed by atoms with E-state index in [1.807, 2.05) is 0 Å². The van der Waals surface area contributed by atoms with Crippen molar-refractivity contribution in [3.05, 3.63) is 0 Å². The summed E-state index contributed by atoms with van der Waals surface area (Å²) in [4.78, 5) is 2.09. The highest BCUT2D eigenvalue weighted by atomic mass is 19.4. The van der Waals surface area contributed by atoms with Crippen molar-refractivity contribution in [2.45, 2.75) is 57.9 Å². The van der Waals surface area contributed by atoms with Crippen molar-refractivity contribution in [2.24, 2.45) is 17.8 Å². The predicted molar refractivity (Wildman–Crippen MR) is 67.7 cm³/mol. The maximum absolute atomic E-state index is 12.6. The molecule has 1 saturated carbocycles. The molecule has 4 atom stereocenters. The Kier molecular flexibility index (Phi) is 4.45. The second-order valence-corrected chi connectivity index (χ2v) is 6.46. The predicted octanol–water partition coefficient (Wildman–Crippen LogP) is 3.06. The molecule has 19 heavy (non-hydrogen) atoms. The third-order valence-electron chi connectivity index (χ3n) is 4.81. The van der Waals surface area contributed by atoms with Gasteiger partial charge in [-0.25, -0.2) is 0 Å². The van der Waals surface area contributed by atoms with Crippen LogP contribution >= 0.6 is 0 Å². The molecule has 2 rings (SSSR count). The minimum atomic E-state index is -4.06. The first-order chi connectivity index (χ1) is 8.79. The van der Waals surface area contributed by atoms with E-state index in [9.17, 15) is 18.3 Å². The van der Waals surface area contributed by atoms with E-state index in [2.05, 4.69) is 18.7 Å². The van der Waals surface area contributed by atoms with E-state index >= 15 is 0 Å². The van der Waals surface area contributed by atoms with Gasteiger partial charge in [-0.1, -0.05) is 13.8 Å². The lowest BCUT2D eigenvalue weighted by atomic mass is 9.76. The van der Waals surface area contributed by atoms with Gasteiger partial charge in [0.1, 0.15) is 0 Å². The van der Waals surface area contributed by atoms with Crippen LogP contribution in [0.15, 0.2) is 0 Å². The molecule has 2 aliphatic rings. The zero-order chi connectivity index (χ0) is 14.2. The van der Waals surface area contributed by atoms with Crippen LogP contribution in [0.5, 0.6) is 0 Å². The van der Waals surface area contributed by atoms with Gasteiger partial charge in [0.25, 0.3) is 0 Å². The van der Waals surface area contributed by atoms with Gasteiger partial charge in [0, 0.05) is 6.04 Å². The van der Waals surface area contributed by atoms with Gasteiger partial charge in [0.05, 0.1) is 12.0 Å². The number of aliphatic hydroxyl groups is 1. The fraction of sp³-hybridized carbons (Fsp3) is 1.00. The summed E-state index contributed by atoms with van der Waals surface area (Å²) in [6.07, 6.45) is -2.27. The third-order valence-corrected chi connectivity index (χ3v) is 4.81. The van der Waals surface area contributed by atoms with Gasteiger partial charge < -0.3 is 5.11 Å². The summed E-state index contributed by atoms with van der Waals surface area (Å²) >= 11 is 0. The smallest absolute Gasteiger partial charge is 0.391 e. The number of halogens is 3. The molecule has 2 nitrogen and oxygen atoms in total.